The SMILES string of the molecule is O=C(c1cccnc1)N1CCc2ccc(O)cc2C1. The quantitative estimate of drug-likeness (QED) is 0.846. The summed E-state index contributed by atoms with van der Waals surface area (Å²) < 4.78 is 0. The number of aromatic nitrogens is 1. The van der Waals surface area contributed by atoms with Gasteiger partial charge in [0.05, 0.1) is 5.56 Å². The number of rotatable bonds is 1. The fraction of sp³-hybridized carbons (Fsp3) is 0.200. The van der Waals surface area contributed by atoms with Crippen molar-refractivity contribution in [3.63, 3.8) is 0 Å². The molecule has 1 amide bonds. The summed E-state index contributed by atoms with van der Waals surface area (Å²) in [6.45, 7) is 1.24. The van der Waals surface area contributed by atoms with Crippen LogP contribution in [0.1, 0.15) is 21.5 Å². The van der Waals surface area contributed by atoms with E-state index in [1.807, 2.05) is 6.07 Å². The van der Waals surface area contributed by atoms with Gasteiger partial charge in [-0.25, -0.2) is 0 Å². The Morgan fingerprint density at radius 2 is 2.16 bits per heavy atom. The summed E-state index contributed by atoms with van der Waals surface area (Å²) in [5.74, 6) is 0.233. The van der Waals surface area contributed by atoms with Crippen LogP contribution in [0, 0.1) is 0 Å². The number of benzene rings is 1. The van der Waals surface area contributed by atoms with Gasteiger partial charge < -0.3 is 10.0 Å². The van der Waals surface area contributed by atoms with Gasteiger partial charge in [0.15, 0.2) is 0 Å². The van der Waals surface area contributed by atoms with Crippen molar-refractivity contribution in [3.8, 4) is 5.75 Å². The van der Waals surface area contributed by atoms with E-state index in [0.29, 0.717) is 18.7 Å². The highest BCUT2D eigenvalue weighted by Gasteiger charge is 2.21. The molecule has 2 heterocycles. The smallest absolute Gasteiger partial charge is 0.255 e. The highest BCUT2D eigenvalue weighted by atomic mass is 16.3. The largest absolute Gasteiger partial charge is 0.508 e. The number of hydrogen-bond donors (Lipinski definition) is 1. The molecule has 0 saturated heterocycles. The zero-order valence-corrected chi connectivity index (χ0v) is 10.4. The van der Waals surface area contributed by atoms with Gasteiger partial charge in [-0.3, -0.25) is 9.78 Å². The number of carbonyl (C=O) groups is 1. The predicted octanol–water partition coefficient (Wildman–Crippen LogP) is 1.99. The Morgan fingerprint density at radius 3 is 2.95 bits per heavy atom. The van der Waals surface area contributed by atoms with Crippen LogP contribution in [0.5, 0.6) is 5.75 Å². The Balaban J connectivity index is 1.84. The van der Waals surface area contributed by atoms with Crippen molar-refractivity contribution in [2.75, 3.05) is 6.54 Å². The number of hydrogen-bond acceptors (Lipinski definition) is 3. The summed E-state index contributed by atoms with van der Waals surface area (Å²) >= 11 is 0. The van der Waals surface area contributed by atoms with Gasteiger partial charge in [0.1, 0.15) is 5.75 Å². The molecule has 0 aliphatic carbocycles. The van der Waals surface area contributed by atoms with Crippen LogP contribution in [0.3, 0.4) is 0 Å². The van der Waals surface area contributed by atoms with E-state index in [0.717, 1.165) is 12.0 Å². The maximum absolute atomic E-state index is 12.3. The second-order valence-electron chi connectivity index (χ2n) is 4.67. The summed E-state index contributed by atoms with van der Waals surface area (Å²) in [7, 11) is 0. The Hall–Kier alpha value is -2.36. The van der Waals surface area contributed by atoms with Crippen LogP contribution in [-0.4, -0.2) is 27.4 Å². The zero-order valence-electron chi connectivity index (χ0n) is 10.4. The van der Waals surface area contributed by atoms with Crippen LogP contribution in [0.25, 0.3) is 0 Å². The number of pyridine rings is 1. The second-order valence-corrected chi connectivity index (χ2v) is 4.67. The first kappa shape index (κ1) is 11.7. The molecule has 96 valence electrons. The molecule has 19 heavy (non-hydrogen) atoms. The number of amides is 1. The average molecular weight is 254 g/mol. The molecule has 0 radical (unpaired) electrons. The molecule has 1 aromatic carbocycles. The molecular formula is C15H14N2O2. The zero-order chi connectivity index (χ0) is 13.2. The van der Waals surface area contributed by atoms with Crippen molar-refractivity contribution in [3.05, 3.63) is 59.4 Å². The monoisotopic (exact) mass is 254 g/mol. The Morgan fingerprint density at radius 1 is 1.26 bits per heavy atom. The maximum Gasteiger partial charge on any atom is 0.255 e. The van der Waals surface area contributed by atoms with Crippen LogP contribution in [0.2, 0.25) is 0 Å². The van der Waals surface area contributed by atoms with E-state index >= 15 is 0 Å². The number of phenols is 1. The van der Waals surface area contributed by atoms with Crippen LogP contribution < -0.4 is 0 Å². The number of nitrogens with zero attached hydrogens (tertiary/aromatic N) is 2. The minimum absolute atomic E-state index is 0.0120. The molecule has 0 bridgehead atoms. The lowest BCUT2D eigenvalue weighted by molar-refractivity contribution is 0.0734. The summed E-state index contributed by atoms with van der Waals surface area (Å²) in [6.07, 6.45) is 4.06. The van der Waals surface area contributed by atoms with E-state index in [1.165, 1.54) is 5.56 Å². The third-order valence-electron chi connectivity index (χ3n) is 3.40. The molecule has 0 fully saturated rings. The van der Waals surface area contributed by atoms with Crippen molar-refractivity contribution in [1.29, 1.82) is 0 Å². The molecule has 3 rings (SSSR count). The standard InChI is InChI=1S/C15H14N2O2/c18-14-4-3-11-5-7-17(10-13(11)8-14)15(19)12-2-1-6-16-9-12/h1-4,6,8-9,18H,5,7,10H2. The highest BCUT2D eigenvalue weighted by molar-refractivity contribution is 5.94. The minimum atomic E-state index is -0.0120. The number of fused-ring (bicyclic) bond motifs is 1. The Kier molecular flexibility index (Phi) is 2.91. The van der Waals surface area contributed by atoms with Gasteiger partial charge in [-0.2, -0.15) is 0 Å². The lowest BCUT2D eigenvalue weighted by Gasteiger charge is -2.29. The Labute approximate surface area is 111 Å². The lowest BCUT2D eigenvalue weighted by atomic mass is 9.99. The molecular weight excluding hydrogens is 240 g/mol. The molecule has 0 atom stereocenters. The van der Waals surface area contributed by atoms with Gasteiger partial charge in [-0.15, -0.1) is 0 Å². The third kappa shape index (κ3) is 2.29. The summed E-state index contributed by atoms with van der Waals surface area (Å²) in [6, 6.07) is 8.89. The van der Waals surface area contributed by atoms with E-state index in [2.05, 4.69) is 4.98 Å². The molecule has 4 heteroatoms. The fourth-order valence-electron chi connectivity index (χ4n) is 2.39. The maximum atomic E-state index is 12.3. The number of carbonyl (C=O) groups excluding carboxylic acids is 1. The number of phenolic OH excluding ortho intramolecular Hbond substituents is 1. The first-order valence-electron chi connectivity index (χ1n) is 6.24. The summed E-state index contributed by atoms with van der Waals surface area (Å²) in [5.41, 5.74) is 2.82. The average Bonchev–Trinajstić information content (AvgIpc) is 2.46. The van der Waals surface area contributed by atoms with E-state index in [-0.39, 0.29) is 11.7 Å². The van der Waals surface area contributed by atoms with E-state index in [4.69, 9.17) is 0 Å². The van der Waals surface area contributed by atoms with Crippen LogP contribution in [0.15, 0.2) is 42.7 Å². The van der Waals surface area contributed by atoms with Gasteiger partial charge in [-0.1, -0.05) is 6.07 Å². The Bertz CT molecular complexity index is 611. The normalized spacial score (nSPS) is 14.0. The summed E-state index contributed by atoms with van der Waals surface area (Å²) in [5, 5.41) is 9.52. The van der Waals surface area contributed by atoms with E-state index in [1.54, 1.807) is 41.6 Å². The molecule has 0 unspecified atom stereocenters. The fourth-order valence-corrected chi connectivity index (χ4v) is 2.39. The molecule has 1 aliphatic rings. The van der Waals surface area contributed by atoms with Gasteiger partial charge in [0.2, 0.25) is 0 Å². The van der Waals surface area contributed by atoms with Crippen molar-refractivity contribution >= 4 is 5.91 Å². The molecule has 1 aromatic heterocycles. The van der Waals surface area contributed by atoms with Crippen molar-refractivity contribution < 1.29 is 9.90 Å². The molecule has 0 saturated carbocycles. The van der Waals surface area contributed by atoms with Crippen molar-refractivity contribution in [1.82, 2.24) is 9.88 Å². The molecule has 1 aliphatic heterocycles. The predicted molar refractivity (Wildman–Crippen MR) is 70.8 cm³/mol. The first-order chi connectivity index (χ1) is 9.24. The minimum Gasteiger partial charge on any atom is -0.508 e. The van der Waals surface area contributed by atoms with Gasteiger partial charge in [0.25, 0.3) is 5.91 Å². The topological polar surface area (TPSA) is 53.4 Å². The highest BCUT2D eigenvalue weighted by Crippen LogP contribution is 2.24. The van der Waals surface area contributed by atoms with Crippen LogP contribution >= 0.6 is 0 Å². The van der Waals surface area contributed by atoms with Gasteiger partial charge in [0, 0.05) is 25.5 Å². The van der Waals surface area contributed by atoms with E-state index < -0.39 is 0 Å². The van der Waals surface area contributed by atoms with Crippen molar-refractivity contribution in [2.24, 2.45) is 0 Å². The van der Waals surface area contributed by atoms with Gasteiger partial charge in [-0.05, 0) is 41.8 Å². The molecule has 2 aromatic rings. The lowest BCUT2D eigenvalue weighted by Crippen LogP contribution is -2.35. The van der Waals surface area contributed by atoms with Crippen molar-refractivity contribution in [2.45, 2.75) is 13.0 Å². The van der Waals surface area contributed by atoms with Gasteiger partial charge >= 0.3 is 0 Å². The second kappa shape index (κ2) is 4.72. The van der Waals surface area contributed by atoms with E-state index in [9.17, 15) is 9.90 Å². The summed E-state index contributed by atoms with van der Waals surface area (Å²) in [4.78, 5) is 18.1. The first-order valence-corrected chi connectivity index (χ1v) is 6.24. The molecule has 1 N–H and O–H groups in total. The molecule has 4 nitrogen and oxygen atoms in total. The third-order valence-corrected chi connectivity index (χ3v) is 3.40. The molecule has 0 spiro atoms. The number of aromatic hydroxyl groups is 1. The van der Waals surface area contributed by atoms with Crippen LogP contribution in [-0.2, 0) is 13.0 Å². The van der Waals surface area contributed by atoms with Crippen LogP contribution in [0.4, 0.5) is 0 Å².